The first-order valence-corrected chi connectivity index (χ1v) is 8.20. The van der Waals surface area contributed by atoms with Crippen LogP contribution in [0.2, 0.25) is 0 Å². The zero-order valence-corrected chi connectivity index (χ0v) is 14.8. The molecule has 2 aromatic carbocycles. The van der Waals surface area contributed by atoms with Crippen molar-refractivity contribution in [1.29, 1.82) is 0 Å². The highest BCUT2D eigenvalue weighted by Crippen LogP contribution is 2.33. The number of benzene rings is 2. The third-order valence-corrected chi connectivity index (χ3v) is 4.18. The molecule has 0 fully saturated rings. The maximum atomic E-state index is 13.7. The Labute approximate surface area is 143 Å². The lowest BCUT2D eigenvalue weighted by atomic mass is 9.81. The molecule has 3 heteroatoms. The Balaban J connectivity index is 2.38. The first-order chi connectivity index (χ1) is 11.4. The van der Waals surface area contributed by atoms with E-state index < -0.39 is 0 Å². The Kier molecular flexibility index (Phi) is 6.27. The molecule has 0 saturated heterocycles. The van der Waals surface area contributed by atoms with E-state index >= 15 is 0 Å². The Morgan fingerprint density at radius 2 is 1.71 bits per heavy atom. The molecule has 2 aromatic rings. The normalized spacial score (nSPS) is 14.7. The molecule has 0 amide bonds. The van der Waals surface area contributed by atoms with Crippen molar-refractivity contribution < 1.29 is 8.78 Å². The van der Waals surface area contributed by atoms with Crippen molar-refractivity contribution in [1.82, 2.24) is 4.90 Å². The molecule has 0 aliphatic heterocycles. The first-order valence-electron chi connectivity index (χ1n) is 8.20. The van der Waals surface area contributed by atoms with Gasteiger partial charge >= 0.3 is 0 Å². The largest absolute Gasteiger partial charge is 0.309 e. The van der Waals surface area contributed by atoms with Crippen LogP contribution in [0.15, 0.2) is 54.1 Å². The molecule has 0 spiro atoms. The van der Waals surface area contributed by atoms with Gasteiger partial charge < -0.3 is 4.90 Å². The standard InChI is InChI=1S/C21H25F2N/c1-15(12-17-8-10-19(22)11-9-17)21(16(2)14-24(3)4)18-6-5-7-20(23)13-18/h5-13,16,21H,14H2,1-4H3. The van der Waals surface area contributed by atoms with Gasteiger partial charge in [0.25, 0.3) is 0 Å². The van der Waals surface area contributed by atoms with Gasteiger partial charge in [-0.3, -0.25) is 0 Å². The van der Waals surface area contributed by atoms with E-state index in [4.69, 9.17) is 0 Å². The third kappa shape index (κ3) is 5.00. The molecule has 0 aliphatic rings. The summed E-state index contributed by atoms with van der Waals surface area (Å²) < 4.78 is 26.8. The summed E-state index contributed by atoms with van der Waals surface area (Å²) in [7, 11) is 4.08. The Morgan fingerprint density at radius 3 is 2.29 bits per heavy atom. The first kappa shape index (κ1) is 18.3. The summed E-state index contributed by atoms with van der Waals surface area (Å²) in [6.45, 7) is 5.14. The molecule has 0 radical (unpaired) electrons. The fraction of sp³-hybridized carbons (Fsp3) is 0.333. The number of hydrogen-bond acceptors (Lipinski definition) is 1. The molecule has 0 N–H and O–H groups in total. The number of allylic oxidation sites excluding steroid dienone is 1. The highest BCUT2D eigenvalue weighted by atomic mass is 19.1. The topological polar surface area (TPSA) is 3.24 Å². The Bertz CT molecular complexity index is 689. The van der Waals surface area contributed by atoms with Crippen LogP contribution in [0.25, 0.3) is 6.08 Å². The molecule has 2 atom stereocenters. The minimum absolute atomic E-state index is 0.105. The van der Waals surface area contributed by atoms with Crippen LogP contribution in [0.3, 0.4) is 0 Å². The lowest BCUT2D eigenvalue weighted by Gasteiger charge is -2.28. The SMILES string of the molecule is CC(=Cc1ccc(F)cc1)C(c1cccc(F)c1)C(C)CN(C)C. The zero-order valence-electron chi connectivity index (χ0n) is 14.8. The van der Waals surface area contributed by atoms with Gasteiger partial charge in [-0.15, -0.1) is 0 Å². The van der Waals surface area contributed by atoms with Crippen molar-refractivity contribution >= 4 is 6.08 Å². The highest BCUT2D eigenvalue weighted by molar-refractivity contribution is 5.55. The van der Waals surface area contributed by atoms with Crippen LogP contribution >= 0.6 is 0 Å². The van der Waals surface area contributed by atoms with Crippen molar-refractivity contribution in [2.45, 2.75) is 19.8 Å². The maximum absolute atomic E-state index is 13.7. The molecule has 1 nitrogen and oxygen atoms in total. The second-order valence-electron chi connectivity index (χ2n) is 6.71. The van der Waals surface area contributed by atoms with E-state index in [2.05, 4.69) is 24.8 Å². The molecule has 0 saturated carbocycles. The molecule has 0 aliphatic carbocycles. The molecule has 0 bridgehead atoms. The molecule has 2 unspecified atom stereocenters. The number of halogens is 2. The smallest absolute Gasteiger partial charge is 0.123 e. The van der Waals surface area contributed by atoms with E-state index in [0.29, 0.717) is 5.92 Å². The molecule has 2 rings (SSSR count). The van der Waals surface area contributed by atoms with E-state index in [9.17, 15) is 8.78 Å². The summed E-state index contributed by atoms with van der Waals surface area (Å²) in [6.07, 6.45) is 2.06. The van der Waals surface area contributed by atoms with E-state index in [1.165, 1.54) is 18.2 Å². The van der Waals surface area contributed by atoms with Gasteiger partial charge in [-0.25, -0.2) is 8.78 Å². The third-order valence-electron chi connectivity index (χ3n) is 4.18. The zero-order chi connectivity index (χ0) is 17.7. The number of nitrogens with zero attached hydrogens (tertiary/aromatic N) is 1. The van der Waals surface area contributed by atoms with Crippen LogP contribution in [-0.4, -0.2) is 25.5 Å². The molecule has 24 heavy (non-hydrogen) atoms. The maximum Gasteiger partial charge on any atom is 0.123 e. The summed E-state index contributed by atoms with van der Waals surface area (Å²) in [5.74, 6) is -0.0387. The van der Waals surface area contributed by atoms with Crippen molar-refractivity contribution in [2.75, 3.05) is 20.6 Å². The number of rotatable bonds is 6. The van der Waals surface area contributed by atoms with Crippen molar-refractivity contribution in [3.05, 3.63) is 76.9 Å². The van der Waals surface area contributed by atoms with E-state index in [1.807, 2.05) is 20.2 Å². The van der Waals surface area contributed by atoms with Crippen LogP contribution < -0.4 is 0 Å². The van der Waals surface area contributed by atoms with Gasteiger partial charge in [-0.2, -0.15) is 0 Å². The van der Waals surface area contributed by atoms with Crippen molar-refractivity contribution in [3.63, 3.8) is 0 Å². The molecular weight excluding hydrogens is 304 g/mol. The summed E-state index contributed by atoms with van der Waals surface area (Å²) in [5, 5.41) is 0. The van der Waals surface area contributed by atoms with E-state index in [1.54, 1.807) is 24.3 Å². The van der Waals surface area contributed by atoms with Gasteiger partial charge in [-0.1, -0.05) is 42.8 Å². The molecule has 0 heterocycles. The van der Waals surface area contributed by atoms with Crippen LogP contribution in [0.1, 0.15) is 30.9 Å². The van der Waals surface area contributed by atoms with Crippen LogP contribution in [0.5, 0.6) is 0 Å². The average molecular weight is 329 g/mol. The summed E-state index contributed by atoms with van der Waals surface area (Å²) >= 11 is 0. The van der Waals surface area contributed by atoms with Gasteiger partial charge in [0.15, 0.2) is 0 Å². The fourth-order valence-electron chi connectivity index (χ4n) is 3.33. The quantitative estimate of drug-likeness (QED) is 0.690. The van der Waals surface area contributed by atoms with Gasteiger partial charge in [0.2, 0.25) is 0 Å². The summed E-state index contributed by atoms with van der Waals surface area (Å²) in [6, 6.07) is 13.2. The summed E-state index contributed by atoms with van der Waals surface area (Å²) in [5.41, 5.74) is 3.06. The van der Waals surface area contributed by atoms with Gasteiger partial charge in [0.1, 0.15) is 11.6 Å². The van der Waals surface area contributed by atoms with E-state index in [0.717, 1.165) is 23.2 Å². The van der Waals surface area contributed by atoms with Gasteiger partial charge in [0, 0.05) is 12.5 Å². The van der Waals surface area contributed by atoms with Gasteiger partial charge in [0.05, 0.1) is 0 Å². The second kappa shape index (κ2) is 8.20. The Morgan fingerprint density at radius 1 is 1.04 bits per heavy atom. The molecular formula is C21H25F2N. The predicted molar refractivity (Wildman–Crippen MR) is 96.9 cm³/mol. The number of hydrogen-bond donors (Lipinski definition) is 0. The average Bonchev–Trinajstić information content (AvgIpc) is 2.49. The minimum atomic E-state index is -0.243. The molecule has 128 valence electrons. The van der Waals surface area contributed by atoms with Crippen molar-refractivity contribution in [3.8, 4) is 0 Å². The van der Waals surface area contributed by atoms with Crippen LogP contribution in [0.4, 0.5) is 8.78 Å². The monoisotopic (exact) mass is 329 g/mol. The lowest BCUT2D eigenvalue weighted by Crippen LogP contribution is -2.25. The summed E-state index contributed by atoms with van der Waals surface area (Å²) in [4.78, 5) is 2.14. The lowest BCUT2D eigenvalue weighted by molar-refractivity contribution is 0.319. The second-order valence-corrected chi connectivity index (χ2v) is 6.71. The van der Waals surface area contributed by atoms with Crippen LogP contribution in [0, 0.1) is 17.6 Å². The predicted octanol–water partition coefficient (Wildman–Crippen LogP) is 5.35. The fourth-order valence-corrected chi connectivity index (χ4v) is 3.33. The highest BCUT2D eigenvalue weighted by Gasteiger charge is 2.22. The molecule has 0 aromatic heterocycles. The van der Waals surface area contributed by atoms with Crippen molar-refractivity contribution in [2.24, 2.45) is 5.92 Å². The van der Waals surface area contributed by atoms with Gasteiger partial charge in [-0.05, 0) is 62.3 Å². The Hall–Kier alpha value is -2.00. The van der Waals surface area contributed by atoms with E-state index in [-0.39, 0.29) is 17.6 Å². The van der Waals surface area contributed by atoms with Crippen LogP contribution in [-0.2, 0) is 0 Å². The minimum Gasteiger partial charge on any atom is -0.309 e.